The van der Waals surface area contributed by atoms with Crippen LogP contribution in [0.2, 0.25) is 0 Å². The summed E-state index contributed by atoms with van der Waals surface area (Å²) in [5, 5.41) is 2.87. The first-order chi connectivity index (χ1) is 8.00. The molecule has 96 valence electrons. The molecular weight excluding hydrogens is 220 g/mol. The van der Waals surface area contributed by atoms with Gasteiger partial charge in [-0.1, -0.05) is 0 Å². The maximum atomic E-state index is 12.2. The molecule has 0 bridgehead atoms. The van der Waals surface area contributed by atoms with E-state index in [9.17, 15) is 9.59 Å². The lowest BCUT2D eigenvalue weighted by Gasteiger charge is -2.30. The molecule has 2 N–H and O–H groups in total. The topological polar surface area (TPSA) is 49.5 Å². The molecule has 0 saturated carbocycles. The molecular formula is C11H22N4O2+2. The van der Waals surface area contributed by atoms with E-state index < -0.39 is 0 Å². The van der Waals surface area contributed by atoms with Crippen LogP contribution in [0.15, 0.2) is 0 Å². The summed E-state index contributed by atoms with van der Waals surface area (Å²) in [6.45, 7) is 4.12. The third kappa shape index (κ3) is 2.34. The van der Waals surface area contributed by atoms with E-state index in [-0.39, 0.29) is 17.9 Å². The number of carbonyl (C=O) groups is 2. The molecule has 17 heavy (non-hydrogen) atoms. The van der Waals surface area contributed by atoms with Gasteiger partial charge in [-0.25, -0.2) is 10.0 Å². The van der Waals surface area contributed by atoms with E-state index >= 15 is 0 Å². The van der Waals surface area contributed by atoms with Crippen LogP contribution >= 0.6 is 0 Å². The Morgan fingerprint density at radius 1 is 1.18 bits per heavy atom. The Balaban J connectivity index is 2.04. The molecule has 0 aliphatic carbocycles. The smallest absolute Gasteiger partial charge is 0.302 e. The second kappa shape index (κ2) is 4.72. The van der Waals surface area contributed by atoms with Crippen molar-refractivity contribution in [3.8, 4) is 0 Å². The number of nitrogens with one attached hydrogen (secondary N) is 2. The van der Waals surface area contributed by atoms with E-state index in [1.165, 1.54) is 14.8 Å². The molecule has 2 fully saturated rings. The van der Waals surface area contributed by atoms with Gasteiger partial charge < -0.3 is 9.80 Å². The maximum absolute atomic E-state index is 12.2. The van der Waals surface area contributed by atoms with Crippen LogP contribution < -0.4 is 9.80 Å². The van der Waals surface area contributed by atoms with Crippen molar-refractivity contribution < 1.29 is 19.4 Å². The molecule has 2 saturated heterocycles. The summed E-state index contributed by atoms with van der Waals surface area (Å²) in [5.41, 5.74) is 0. The molecule has 6 nitrogen and oxygen atoms in total. The van der Waals surface area contributed by atoms with Gasteiger partial charge in [0.1, 0.15) is 26.2 Å². The Hall–Kier alpha value is -0.980. The highest BCUT2D eigenvalue weighted by atomic mass is 16.2. The zero-order valence-electron chi connectivity index (χ0n) is 10.8. The van der Waals surface area contributed by atoms with Crippen LogP contribution in [0.3, 0.4) is 0 Å². The molecule has 0 aromatic heterocycles. The Labute approximate surface area is 102 Å². The predicted octanol–water partition coefficient (Wildman–Crippen LogP) is -4.00. The van der Waals surface area contributed by atoms with E-state index in [2.05, 4.69) is 7.05 Å². The Bertz CT molecular complexity index is 323. The minimum atomic E-state index is -0.155. The molecule has 0 radical (unpaired) electrons. The quantitative estimate of drug-likeness (QED) is 0.485. The van der Waals surface area contributed by atoms with Crippen LogP contribution in [-0.4, -0.2) is 75.2 Å². The number of imide groups is 1. The fourth-order valence-electron chi connectivity index (χ4n) is 2.70. The van der Waals surface area contributed by atoms with Gasteiger partial charge in [0.25, 0.3) is 5.91 Å². The minimum Gasteiger partial charge on any atom is -0.328 e. The van der Waals surface area contributed by atoms with Gasteiger partial charge >= 0.3 is 5.91 Å². The molecule has 0 aromatic carbocycles. The van der Waals surface area contributed by atoms with Gasteiger partial charge in [-0.05, 0) is 0 Å². The molecule has 2 heterocycles. The lowest BCUT2D eigenvalue weighted by molar-refractivity contribution is -1.01. The number of quaternary nitrogens is 2. The van der Waals surface area contributed by atoms with Crippen LogP contribution in [0.25, 0.3) is 0 Å². The zero-order valence-corrected chi connectivity index (χ0v) is 10.8. The SMILES string of the molecule is CN(C)N1C(=O)C[C@H]([NH+]2CC[NH+](C)CC2)C1=O. The Morgan fingerprint density at radius 3 is 2.24 bits per heavy atom. The zero-order chi connectivity index (χ0) is 12.6. The van der Waals surface area contributed by atoms with Crippen molar-refractivity contribution in [3.05, 3.63) is 0 Å². The summed E-state index contributed by atoms with van der Waals surface area (Å²) in [6.07, 6.45) is 0.366. The van der Waals surface area contributed by atoms with E-state index in [1.54, 1.807) is 19.1 Å². The van der Waals surface area contributed by atoms with Crippen molar-refractivity contribution >= 4 is 11.8 Å². The minimum absolute atomic E-state index is 0.0328. The number of nitrogens with zero attached hydrogens (tertiary/aromatic N) is 2. The third-order valence-electron chi connectivity index (χ3n) is 3.76. The average Bonchev–Trinajstić information content (AvgIpc) is 2.55. The number of hydrazine groups is 1. The predicted molar refractivity (Wildman–Crippen MR) is 61.3 cm³/mol. The van der Waals surface area contributed by atoms with Crippen molar-refractivity contribution in [1.82, 2.24) is 10.0 Å². The molecule has 2 rings (SSSR count). The summed E-state index contributed by atoms with van der Waals surface area (Å²) in [7, 11) is 5.65. The Morgan fingerprint density at radius 2 is 1.76 bits per heavy atom. The lowest BCUT2D eigenvalue weighted by atomic mass is 10.2. The first-order valence-corrected chi connectivity index (χ1v) is 6.20. The van der Waals surface area contributed by atoms with E-state index in [1.807, 2.05) is 0 Å². The third-order valence-corrected chi connectivity index (χ3v) is 3.76. The largest absolute Gasteiger partial charge is 0.328 e. The normalized spacial score (nSPS) is 34.8. The molecule has 2 amide bonds. The van der Waals surface area contributed by atoms with E-state index in [0.29, 0.717) is 6.42 Å². The summed E-state index contributed by atoms with van der Waals surface area (Å²) in [6, 6.07) is -0.155. The molecule has 2 aliphatic heterocycles. The fourth-order valence-corrected chi connectivity index (χ4v) is 2.70. The number of hydrogen-bond donors (Lipinski definition) is 2. The van der Waals surface area contributed by atoms with E-state index in [4.69, 9.17) is 0 Å². The highest BCUT2D eigenvalue weighted by molar-refractivity contribution is 6.04. The number of carbonyl (C=O) groups excluding carboxylic acids is 2. The fraction of sp³-hybridized carbons (Fsp3) is 0.818. The molecule has 0 spiro atoms. The van der Waals surface area contributed by atoms with Gasteiger partial charge in [-0.2, -0.15) is 0 Å². The summed E-state index contributed by atoms with van der Waals surface area (Å²) in [4.78, 5) is 26.7. The average molecular weight is 242 g/mol. The monoisotopic (exact) mass is 242 g/mol. The second-order valence-corrected chi connectivity index (χ2v) is 5.26. The lowest BCUT2D eigenvalue weighted by Crippen LogP contribution is -3.29. The van der Waals surface area contributed by atoms with Crippen LogP contribution in [-0.2, 0) is 9.59 Å². The number of likely N-dealkylation sites (N-methyl/N-ethyl adjacent to an activating group) is 1. The van der Waals surface area contributed by atoms with Crippen LogP contribution in [0.1, 0.15) is 6.42 Å². The number of piperazine rings is 1. The van der Waals surface area contributed by atoms with E-state index in [0.717, 1.165) is 26.2 Å². The summed E-state index contributed by atoms with van der Waals surface area (Å²) >= 11 is 0. The molecule has 0 aromatic rings. The number of hydrogen-bond acceptors (Lipinski definition) is 3. The van der Waals surface area contributed by atoms with Gasteiger partial charge in [-0.15, -0.1) is 0 Å². The Kier molecular flexibility index (Phi) is 3.46. The van der Waals surface area contributed by atoms with Crippen molar-refractivity contribution in [2.45, 2.75) is 12.5 Å². The van der Waals surface area contributed by atoms with Gasteiger partial charge in [0.2, 0.25) is 0 Å². The van der Waals surface area contributed by atoms with Crippen LogP contribution in [0.5, 0.6) is 0 Å². The molecule has 6 heteroatoms. The second-order valence-electron chi connectivity index (χ2n) is 5.26. The van der Waals surface area contributed by atoms with Crippen molar-refractivity contribution in [2.75, 3.05) is 47.3 Å². The highest BCUT2D eigenvalue weighted by Crippen LogP contribution is 2.11. The molecule has 1 atom stereocenters. The number of rotatable bonds is 2. The summed E-state index contributed by atoms with van der Waals surface area (Å²) in [5.74, 6) is -0.0988. The standard InChI is InChI=1S/C11H20N4O2/c1-12(2)15-10(16)8-9(11(15)17)14-6-4-13(3)5-7-14/h9H,4-8H2,1-3H3/p+2/t9-/m0/s1. The van der Waals surface area contributed by atoms with Crippen molar-refractivity contribution in [2.24, 2.45) is 0 Å². The first-order valence-electron chi connectivity index (χ1n) is 6.20. The highest BCUT2D eigenvalue weighted by Gasteiger charge is 2.47. The maximum Gasteiger partial charge on any atom is 0.302 e. The van der Waals surface area contributed by atoms with Gasteiger partial charge in [0.05, 0.1) is 13.5 Å². The molecule has 2 aliphatic rings. The van der Waals surface area contributed by atoms with Crippen molar-refractivity contribution in [1.29, 1.82) is 0 Å². The molecule has 0 unspecified atom stereocenters. The summed E-state index contributed by atoms with van der Waals surface area (Å²) < 4.78 is 0. The van der Waals surface area contributed by atoms with Gasteiger partial charge in [-0.3, -0.25) is 9.59 Å². The van der Waals surface area contributed by atoms with Gasteiger partial charge in [0, 0.05) is 14.1 Å². The van der Waals surface area contributed by atoms with Gasteiger partial charge in [0.15, 0.2) is 6.04 Å². The van der Waals surface area contributed by atoms with Crippen LogP contribution in [0.4, 0.5) is 0 Å². The first kappa shape index (κ1) is 12.5. The number of amides is 2. The van der Waals surface area contributed by atoms with Crippen molar-refractivity contribution in [3.63, 3.8) is 0 Å². The van der Waals surface area contributed by atoms with Crippen LogP contribution in [0, 0.1) is 0 Å².